The highest BCUT2D eigenvalue weighted by atomic mass is 19.4. The molecule has 0 aliphatic carbocycles. The molecule has 1 aromatic rings. The van der Waals surface area contributed by atoms with Crippen molar-refractivity contribution in [2.45, 2.75) is 51.9 Å². The van der Waals surface area contributed by atoms with Crippen LogP contribution in [0.5, 0.6) is 0 Å². The molecule has 1 rings (SSSR count). The van der Waals surface area contributed by atoms with Crippen molar-refractivity contribution >= 4 is 5.91 Å². The molecule has 0 radical (unpaired) electrons. The van der Waals surface area contributed by atoms with E-state index in [0.717, 1.165) is 18.6 Å². The van der Waals surface area contributed by atoms with Crippen molar-refractivity contribution < 1.29 is 18.0 Å². The fourth-order valence-corrected chi connectivity index (χ4v) is 2.42. The number of likely N-dealkylation sites (N-methyl/N-ethyl adjacent to an activating group) is 1. The van der Waals surface area contributed by atoms with Gasteiger partial charge < -0.3 is 10.6 Å². The standard InChI is InChI=1S/C16H23F3N2O/c1-4-7-14(20)15(22)21(5-2)11(3)12-8-6-9-13(10-12)16(17,18)19/h6,8-11,14H,4-5,7,20H2,1-3H3. The van der Waals surface area contributed by atoms with Crippen molar-refractivity contribution in [2.75, 3.05) is 6.54 Å². The number of halogens is 3. The number of alkyl halides is 3. The number of carbonyl (C=O) groups is 1. The third-order valence-corrected chi connectivity index (χ3v) is 3.70. The lowest BCUT2D eigenvalue weighted by atomic mass is 10.0. The van der Waals surface area contributed by atoms with E-state index in [1.54, 1.807) is 19.9 Å². The second kappa shape index (κ2) is 7.63. The summed E-state index contributed by atoms with van der Waals surface area (Å²) < 4.78 is 38.4. The minimum absolute atomic E-state index is 0.228. The Bertz CT molecular complexity index is 502. The van der Waals surface area contributed by atoms with E-state index in [9.17, 15) is 18.0 Å². The Morgan fingerprint density at radius 2 is 1.95 bits per heavy atom. The van der Waals surface area contributed by atoms with Gasteiger partial charge in [0.1, 0.15) is 0 Å². The SMILES string of the molecule is CCCC(N)C(=O)N(CC)C(C)c1cccc(C(F)(F)F)c1. The zero-order chi connectivity index (χ0) is 16.9. The van der Waals surface area contributed by atoms with E-state index in [4.69, 9.17) is 5.73 Å². The molecule has 3 nitrogen and oxygen atoms in total. The van der Waals surface area contributed by atoms with Crippen LogP contribution in [-0.4, -0.2) is 23.4 Å². The Balaban J connectivity index is 3.02. The number of carbonyl (C=O) groups excluding carboxylic acids is 1. The van der Waals surface area contributed by atoms with Gasteiger partial charge in [0.25, 0.3) is 0 Å². The van der Waals surface area contributed by atoms with Gasteiger partial charge in [-0.05, 0) is 38.0 Å². The summed E-state index contributed by atoms with van der Waals surface area (Å²) in [6.07, 6.45) is -3.05. The first-order valence-electron chi connectivity index (χ1n) is 7.45. The molecule has 124 valence electrons. The molecule has 0 fully saturated rings. The highest BCUT2D eigenvalue weighted by molar-refractivity contribution is 5.82. The van der Waals surface area contributed by atoms with Gasteiger partial charge in [0.15, 0.2) is 0 Å². The monoisotopic (exact) mass is 316 g/mol. The summed E-state index contributed by atoms with van der Waals surface area (Å²) in [4.78, 5) is 13.9. The van der Waals surface area contributed by atoms with E-state index >= 15 is 0 Å². The predicted octanol–water partition coefficient (Wildman–Crippen LogP) is 3.74. The molecule has 2 unspecified atom stereocenters. The fraction of sp³-hybridized carbons (Fsp3) is 0.562. The molecule has 1 amide bonds. The lowest BCUT2D eigenvalue weighted by molar-refractivity contribution is -0.137. The van der Waals surface area contributed by atoms with Crippen LogP contribution in [0.2, 0.25) is 0 Å². The van der Waals surface area contributed by atoms with E-state index in [2.05, 4.69) is 0 Å². The fourth-order valence-electron chi connectivity index (χ4n) is 2.42. The van der Waals surface area contributed by atoms with Crippen molar-refractivity contribution in [2.24, 2.45) is 5.73 Å². The molecule has 1 aromatic carbocycles. The Labute approximate surface area is 129 Å². The zero-order valence-corrected chi connectivity index (χ0v) is 13.2. The number of hydrogen-bond donors (Lipinski definition) is 1. The van der Waals surface area contributed by atoms with Crippen LogP contribution in [0.25, 0.3) is 0 Å². The summed E-state index contributed by atoms with van der Waals surface area (Å²) in [5, 5.41) is 0. The predicted molar refractivity (Wildman–Crippen MR) is 80.1 cm³/mol. The maximum absolute atomic E-state index is 12.8. The summed E-state index contributed by atoms with van der Waals surface area (Å²) in [5.74, 6) is -0.228. The topological polar surface area (TPSA) is 46.3 Å². The Hall–Kier alpha value is -1.56. The van der Waals surface area contributed by atoms with Gasteiger partial charge in [-0.3, -0.25) is 4.79 Å². The van der Waals surface area contributed by atoms with Gasteiger partial charge in [0.2, 0.25) is 5.91 Å². The molecule has 0 aliphatic heterocycles. The van der Waals surface area contributed by atoms with E-state index in [1.807, 2.05) is 6.92 Å². The van der Waals surface area contributed by atoms with Crippen LogP contribution in [-0.2, 0) is 11.0 Å². The Kier molecular flexibility index (Phi) is 6.41. The normalized spacial score (nSPS) is 14.5. The maximum atomic E-state index is 12.8. The smallest absolute Gasteiger partial charge is 0.335 e. The highest BCUT2D eigenvalue weighted by Crippen LogP contribution is 2.32. The zero-order valence-electron chi connectivity index (χ0n) is 13.2. The van der Waals surface area contributed by atoms with Crippen molar-refractivity contribution in [3.63, 3.8) is 0 Å². The average Bonchev–Trinajstić information content (AvgIpc) is 2.47. The molecular weight excluding hydrogens is 293 g/mol. The van der Waals surface area contributed by atoms with Gasteiger partial charge >= 0.3 is 6.18 Å². The van der Waals surface area contributed by atoms with Crippen LogP contribution in [0.3, 0.4) is 0 Å². The van der Waals surface area contributed by atoms with Crippen LogP contribution in [0.4, 0.5) is 13.2 Å². The average molecular weight is 316 g/mol. The number of rotatable bonds is 6. The van der Waals surface area contributed by atoms with Crippen molar-refractivity contribution in [1.29, 1.82) is 0 Å². The number of nitrogens with zero attached hydrogens (tertiary/aromatic N) is 1. The molecule has 2 N–H and O–H groups in total. The number of hydrogen-bond acceptors (Lipinski definition) is 2. The summed E-state index contributed by atoms with van der Waals surface area (Å²) in [5.41, 5.74) is 5.59. The maximum Gasteiger partial charge on any atom is 0.416 e. The van der Waals surface area contributed by atoms with Gasteiger partial charge in [-0.25, -0.2) is 0 Å². The first kappa shape index (κ1) is 18.5. The lowest BCUT2D eigenvalue weighted by Gasteiger charge is -2.31. The number of amides is 1. The quantitative estimate of drug-likeness (QED) is 0.869. The molecule has 0 saturated carbocycles. The second-order valence-corrected chi connectivity index (χ2v) is 5.32. The van der Waals surface area contributed by atoms with E-state index < -0.39 is 23.8 Å². The van der Waals surface area contributed by atoms with Crippen molar-refractivity contribution in [1.82, 2.24) is 4.90 Å². The molecule has 0 heterocycles. The first-order valence-corrected chi connectivity index (χ1v) is 7.45. The molecule has 0 aromatic heterocycles. The summed E-state index contributed by atoms with van der Waals surface area (Å²) in [6.45, 7) is 5.84. The molecule has 2 atom stereocenters. The number of benzene rings is 1. The van der Waals surface area contributed by atoms with Gasteiger partial charge in [-0.2, -0.15) is 13.2 Å². The van der Waals surface area contributed by atoms with Crippen molar-refractivity contribution in [3.05, 3.63) is 35.4 Å². The molecule has 0 saturated heterocycles. The number of nitrogens with two attached hydrogens (primary N) is 1. The van der Waals surface area contributed by atoms with Gasteiger partial charge in [0, 0.05) is 6.54 Å². The third kappa shape index (κ3) is 4.47. The molecule has 0 aliphatic rings. The molecule has 22 heavy (non-hydrogen) atoms. The van der Waals surface area contributed by atoms with E-state index in [-0.39, 0.29) is 5.91 Å². The second-order valence-electron chi connectivity index (χ2n) is 5.32. The Morgan fingerprint density at radius 3 is 2.45 bits per heavy atom. The largest absolute Gasteiger partial charge is 0.416 e. The van der Waals surface area contributed by atoms with E-state index in [0.29, 0.717) is 18.5 Å². The molecule has 0 bridgehead atoms. The summed E-state index contributed by atoms with van der Waals surface area (Å²) in [6, 6.07) is 4.00. The van der Waals surface area contributed by atoms with Crippen LogP contribution >= 0.6 is 0 Å². The summed E-state index contributed by atoms with van der Waals surface area (Å²) in [7, 11) is 0. The van der Waals surface area contributed by atoms with E-state index in [1.165, 1.54) is 11.0 Å². The minimum atomic E-state index is -4.39. The van der Waals surface area contributed by atoms with Crippen LogP contribution < -0.4 is 5.73 Å². The van der Waals surface area contributed by atoms with Crippen molar-refractivity contribution in [3.8, 4) is 0 Å². The first-order chi connectivity index (χ1) is 10.2. The molecule has 6 heteroatoms. The van der Waals surface area contributed by atoms with Crippen LogP contribution in [0, 0.1) is 0 Å². The minimum Gasteiger partial charge on any atom is -0.335 e. The van der Waals surface area contributed by atoms with Gasteiger partial charge in [-0.15, -0.1) is 0 Å². The molecular formula is C16H23F3N2O. The Morgan fingerprint density at radius 1 is 1.32 bits per heavy atom. The summed E-state index contributed by atoms with van der Waals surface area (Å²) >= 11 is 0. The van der Waals surface area contributed by atoms with Gasteiger partial charge in [-0.1, -0.05) is 25.5 Å². The van der Waals surface area contributed by atoms with Crippen LogP contribution in [0.15, 0.2) is 24.3 Å². The van der Waals surface area contributed by atoms with Crippen LogP contribution in [0.1, 0.15) is 50.8 Å². The third-order valence-electron chi connectivity index (χ3n) is 3.70. The van der Waals surface area contributed by atoms with Gasteiger partial charge in [0.05, 0.1) is 17.6 Å². The highest BCUT2D eigenvalue weighted by Gasteiger charge is 2.31. The molecule has 0 spiro atoms. The lowest BCUT2D eigenvalue weighted by Crippen LogP contribution is -2.44.